The number of halogens is 3. The molecule has 4 amide bonds. The highest BCUT2D eigenvalue weighted by Crippen LogP contribution is 2.48. The van der Waals surface area contributed by atoms with Crippen molar-refractivity contribution in [3.63, 3.8) is 0 Å². The molecule has 2 atom stereocenters. The molecule has 2 aromatic rings. The van der Waals surface area contributed by atoms with E-state index in [0.29, 0.717) is 11.1 Å². The van der Waals surface area contributed by atoms with Crippen LogP contribution in [-0.2, 0) is 16.1 Å². The molecule has 1 aliphatic carbocycles. The quantitative estimate of drug-likeness (QED) is 0.632. The number of nitrogens with one attached hydrogen (secondary N) is 2. The number of nitrogens with zero attached hydrogens (tertiary/aromatic N) is 2. The van der Waals surface area contributed by atoms with Crippen molar-refractivity contribution in [2.75, 3.05) is 0 Å². The van der Waals surface area contributed by atoms with E-state index in [1.807, 2.05) is 0 Å². The second kappa shape index (κ2) is 8.47. The van der Waals surface area contributed by atoms with Crippen molar-refractivity contribution in [3.05, 3.63) is 64.7 Å². The molecular formula is C24H21F3N4O4. The van der Waals surface area contributed by atoms with Crippen molar-refractivity contribution in [1.29, 1.82) is 0 Å². The minimum Gasteiger partial charge on any atom is -0.343 e. The number of carbonyl (C=O) groups is 4. The Hall–Kier alpha value is -3.76. The molecular weight excluding hydrogens is 465 g/mol. The van der Waals surface area contributed by atoms with Gasteiger partial charge in [-0.25, -0.2) is 13.2 Å². The third kappa shape index (κ3) is 4.38. The molecule has 0 spiro atoms. The number of benzene rings is 1. The highest BCUT2D eigenvalue weighted by molar-refractivity contribution is 6.06. The number of piperidine rings is 1. The average Bonchev–Trinajstić information content (AvgIpc) is 3.12. The predicted molar refractivity (Wildman–Crippen MR) is 115 cm³/mol. The summed E-state index contributed by atoms with van der Waals surface area (Å²) in [7, 11) is 0. The van der Waals surface area contributed by atoms with Crippen LogP contribution in [0.1, 0.15) is 63.7 Å². The third-order valence-electron chi connectivity index (χ3n) is 6.73. The van der Waals surface area contributed by atoms with Crippen LogP contribution in [0.25, 0.3) is 0 Å². The summed E-state index contributed by atoms with van der Waals surface area (Å²) >= 11 is 0. The summed E-state index contributed by atoms with van der Waals surface area (Å²) in [6.07, 6.45) is 0.475. The molecule has 1 saturated heterocycles. The molecule has 2 fully saturated rings. The van der Waals surface area contributed by atoms with Gasteiger partial charge in [0.05, 0.1) is 17.9 Å². The molecule has 1 saturated carbocycles. The zero-order valence-electron chi connectivity index (χ0n) is 18.4. The van der Waals surface area contributed by atoms with Gasteiger partial charge in [-0.3, -0.25) is 29.5 Å². The standard InChI is InChI=1S/C24H21F3N4O4/c25-15-2-4-17(28-10-15)20(14-8-24(26,27)9-14)30-21(33)12-1-3-16-13(7-12)11-31(23(16)35)18-5-6-19(32)29-22(18)34/h1-4,7,10,14,18,20H,5-6,8-9,11H2,(H,30,33)(H,29,32,34)/t18?,20-/m0/s1. The molecule has 0 bridgehead atoms. The van der Waals surface area contributed by atoms with Crippen LogP contribution in [0.5, 0.6) is 0 Å². The van der Waals surface area contributed by atoms with Gasteiger partial charge in [-0.2, -0.15) is 0 Å². The number of imide groups is 1. The van der Waals surface area contributed by atoms with Gasteiger partial charge in [0.1, 0.15) is 11.9 Å². The van der Waals surface area contributed by atoms with Crippen molar-refractivity contribution in [2.45, 2.75) is 50.2 Å². The summed E-state index contributed by atoms with van der Waals surface area (Å²) in [5.41, 5.74) is 1.38. The van der Waals surface area contributed by atoms with Crippen LogP contribution in [0.3, 0.4) is 0 Å². The normalized spacial score (nSPS) is 22.3. The van der Waals surface area contributed by atoms with E-state index in [2.05, 4.69) is 15.6 Å². The van der Waals surface area contributed by atoms with Crippen molar-refractivity contribution >= 4 is 23.6 Å². The molecule has 2 aliphatic heterocycles. The molecule has 11 heteroatoms. The molecule has 3 aliphatic rings. The average molecular weight is 486 g/mol. The van der Waals surface area contributed by atoms with Crippen LogP contribution in [0.4, 0.5) is 13.2 Å². The fraction of sp³-hybridized carbons (Fsp3) is 0.375. The van der Waals surface area contributed by atoms with Gasteiger partial charge in [0.2, 0.25) is 17.7 Å². The Bertz CT molecular complexity index is 1230. The number of alkyl halides is 2. The first-order valence-corrected chi connectivity index (χ1v) is 11.2. The Morgan fingerprint density at radius 2 is 1.94 bits per heavy atom. The molecule has 2 N–H and O–H groups in total. The Morgan fingerprint density at radius 1 is 1.17 bits per heavy atom. The lowest BCUT2D eigenvalue weighted by atomic mass is 9.75. The van der Waals surface area contributed by atoms with E-state index in [9.17, 15) is 32.3 Å². The second-order valence-electron chi connectivity index (χ2n) is 9.15. The molecule has 3 heterocycles. The second-order valence-corrected chi connectivity index (χ2v) is 9.15. The molecule has 5 rings (SSSR count). The maximum absolute atomic E-state index is 13.5. The first-order valence-electron chi connectivity index (χ1n) is 11.2. The molecule has 182 valence electrons. The first-order chi connectivity index (χ1) is 16.6. The van der Waals surface area contributed by atoms with Gasteiger partial charge in [-0.05, 0) is 48.2 Å². The van der Waals surface area contributed by atoms with Gasteiger partial charge in [0.25, 0.3) is 11.8 Å². The molecule has 1 unspecified atom stereocenters. The van der Waals surface area contributed by atoms with Crippen LogP contribution in [0.15, 0.2) is 36.5 Å². The maximum Gasteiger partial charge on any atom is 0.255 e. The van der Waals surface area contributed by atoms with Gasteiger partial charge in [-0.15, -0.1) is 0 Å². The minimum atomic E-state index is -2.82. The summed E-state index contributed by atoms with van der Waals surface area (Å²) < 4.78 is 40.4. The van der Waals surface area contributed by atoms with Crippen molar-refractivity contribution in [3.8, 4) is 0 Å². The van der Waals surface area contributed by atoms with Gasteiger partial charge < -0.3 is 10.2 Å². The van der Waals surface area contributed by atoms with Gasteiger partial charge in [-0.1, -0.05) is 0 Å². The summed E-state index contributed by atoms with van der Waals surface area (Å²) in [4.78, 5) is 54.9. The molecule has 0 radical (unpaired) electrons. The highest BCUT2D eigenvalue weighted by atomic mass is 19.3. The van der Waals surface area contributed by atoms with Gasteiger partial charge in [0.15, 0.2) is 0 Å². The van der Waals surface area contributed by atoms with E-state index in [-0.39, 0.29) is 42.5 Å². The van der Waals surface area contributed by atoms with E-state index in [4.69, 9.17) is 0 Å². The van der Waals surface area contributed by atoms with E-state index in [1.165, 1.54) is 29.2 Å². The molecule has 35 heavy (non-hydrogen) atoms. The van der Waals surface area contributed by atoms with Crippen LogP contribution < -0.4 is 10.6 Å². The lowest BCUT2D eigenvalue weighted by Gasteiger charge is -2.40. The topological polar surface area (TPSA) is 108 Å². The number of rotatable bonds is 5. The van der Waals surface area contributed by atoms with Crippen molar-refractivity contribution in [2.24, 2.45) is 5.92 Å². The maximum atomic E-state index is 13.5. The van der Waals surface area contributed by atoms with Gasteiger partial charge >= 0.3 is 0 Å². The van der Waals surface area contributed by atoms with Gasteiger partial charge in [0, 0.05) is 36.9 Å². The number of aromatic nitrogens is 1. The Labute approximate surface area is 197 Å². The SMILES string of the molecule is O=C1CCC(N2Cc3cc(C(=O)N[C@H](c4ccc(F)cn4)C4CC(F)(F)C4)ccc3C2=O)C(=O)N1. The first kappa shape index (κ1) is 23.0. The van der Waals surface area contributed by atoms with Crippen molar-refractivity contribution in [1.82, 2.24) is 20.5 Å². The molecule has 1 aromatic heterocycles. The predicted octanol–water partition coefficient (Wildman–Crippen LogP) is 2.50. The van der Waals surface area contributed by atoms with E-state index >= 15 is 0 Å². The third-order valence-corrected chi connectivity index (χ3v) is 6.73. The smallest absolute Gasteiger partial charge is 0.255 e. The highest BCUT2D eigenvalue weighted by Gasteiger charge is 2.49. The number of carbonyl (C=O) groups excluding carboxylic acids is 4. The van der Waals surface area contributed by atoms with Crippen LogP contribution in [0.2, 0.25) is 0 Å². The fourth-order valence-corrected chi connectivity index (χ4v) is 4.89. The zero-order chi connectivity index (χ0) is 24.9. The van der Waals surface area contributed by atoms with Crippen LogP contribution >= 0.6 is 0 Å². The zero-order valence-corrected chi connectivity index (χ0v) is 18.4. The van der Waals surface area contributed by atoms with Crippen LogP contribution in [0, 0.1) is 11.7 Å². The number of hydrogen-bond acceptors (Lipinski definition) is 5. The van der Waals surface area contributed by atoms with E-state index in [0.717, 1.165) is 12.3 Å². The number of fused-ring (bicyclic) bond motifs is 1. The Balaban J connectivity index is 1.34. The minimum absolute atomic E-state index is 0.0966. The lowest BCUT2D eigenvalue weighted by molar-refractivity contribution is -0.136. The Kier molecular flexibility index (Phi) is 5.57. The molecule has 8 nitrogen and oxygen atoms in total. The van der Waals surface area contributed by atoms with E-state index < -0.39 is 54.4 Å². The van der Waals surface area contributed by atoms with E-state index in [1.54, 1.807) is 0 Å². The summed E-state index contributed by atoms with van der Waals surface area (Å²) in [6, 6.07) is 5.36. The summed E-state index contributed by atoms with van der Waals surface area (Å²) in [5.74, 6) is -5.80. The molecule has 1 aromatic carbocycles. The number of pyridine rings is 1. The number of hydrogen-bond donors (Lipinski definition) is 2. The summed E-state index contributed by atoms with van der Waals surface area (Å²) in [6.45, 7) is 0.0966. The lowest BCUT2D eigenvalue weighted by Crippen LogP contribution is -2.52. The largest absolute Gasteiger partial charge is 0.343 e. The summed E-state index contributed by atoms with van der Waals surface area (Å²) in [5, 5.41) is 4.97. The van der Waals surface area contributed by atoms with Crippen LogP contribution in [-0.4, -0.2) is 45.5 Å². The monoisotopic (exact) mass is 486 g/mol. The number of amides is 4. The van der Waals surface area contributed by atoms with Crippen molar-refractivity contribution < 1.29 is 32.3 Å². The fourth-order valence-electron chi connectivity index (χ4n) is 4.89. The Morgan fingerprint density at radius 3 is 2.60 bits per heavy atom.